The molecule has 0 unspecified atom stereocenters. The van der Waals surface area contributed by atoms with Gasteiger partial charge in [0.05, 0.1) is 5.69 Å². The van der Waals surface area contributed by atoms with Gasteiger partial charge in [0.2, 0.25) is 11.8 Å². The predicted octanol–water partition coefficient (Wildman–Crippen LogP) is 2.35. The molecular formula is C18H22N4O2. The van der Waals surface area contributed by atoms with E-state index in [4.69, 9.17) is 0 Å². The van der Waals surface area contributed by atoms with Crippen LogP contribution in [0.5, 0.6) is 0 Å². The Kier molecular flexibility index (Phi) is 4.64. The number of carbonyl (C=O) groups excluding carboxylic acids is 2. The molecule has 2 heterocycles. The quantitative estimate of drug-likeness (QED) is 0.917. The van der Waals surface area contributed by atoms with Gasteiger partial charge in [-0.05, 0) is 18.9 Å². The van der Waals surface area contributed by atoms with E-state index >= 15 is 0 Å². The summed E-state index contributed by atoms with van der Waals surface area (Å²) in [4.78, 5) is 25.5. The molecule has 2 amide bonds. The second-order valence-electron chi connectivity index (χ2n) is 6.14. The van der Waals surface area contributed by atoms with E-state index in [-0.39, 0.29) is 11.8 Å². The number of rotatable bonds is 5. The number of hydrogen-bond acceptors (Lipinski definition) is 3. The zero-order valence-corrected chi connectivity index (χ0v) is 14.1. The van der Waals surface area contributed by atoms with E-state index in [1.165, 1.54) is 0 Å². The third-order valence-corrected chi connectivity index (χ3v) is 4.35. The second-order valence-corrected chi connectivity index (χ2v) is 6.14. The summed E-state index contributed by atoms with van der Waals surface area (Å²) in [5, 5.41) is 7.36. The molecule has 6 nitrogen and oxygen atoms in total. The molecule has 0 aliphatic carbocycles. The number of aryl methyl sites for hydroxylation is 2. The number of aromatic nitrogens is 2. The third kappa shape index (κ3) is 3.48. The van der Waals surface area contributed by atoms with Crippen molar-refractivity contribution in [1.82, 2.24) is 14.7 Å². The van der Waals surface area contributed by atoms with Crippen LogP contribution in [0.25, 0.3) is 11.3 Å². The van der Waals surface area contributed by atoms with Crippen LogP contribution in [0.1, 0.15) is 24.8 Å². The molecule has 24 heavy (non-hydrogen) atoms. The summed E-state index contributed by atoms with van der Waals surface area (Å²) in [7, 11) is 1.81. The highest BCUT2D eigenvalue weighted by Crippen LogP contribution is 2.24. The topological polar surface area (TPSA) is 67.2 Å². The highest BCUT2D eigenvalue weighted by atomic mass is 16.2. The van der Waals surface area contributed by atoms with Crippen LogP contribution >= 0.6 is 0 Å². The Morgan fingerprint density at radius 2 is 2.12 bits per heavy atom. The van der Waals surface area contributed by atoms with Gasteiger partial charge in [-0.25, -0.2) is 0 Å². The Bertz CT molecular complexity index is 766. The summed E-state index contributed by atoms with van der Waals surface area (Å²) in [5.74, 6) is 0.699. The number of anilines is 1. The molecular weight excluding hydrogens is 304 g/mol. The minimum Gasteiger partial charge on any atom is -0.342 e. The SMILES string of the molecule is Cc1ccccc1-c1cc(NC(=O)CCN2CCCC2=O)n(C)n1. The van der Waals surface area contributed by atoms with Gasteiger partial charge in [-0.2, -0.15) is 5.10 Å². The Labute approximate surface area is 141 Å². The molecule has 126 valence electrons. The molecule has 1 aromatic heterocycles. The Balaban J connectivity index is 1.64. The summed E-state index contributed by atoms with van der Waals surface area (Å²) >= 11 is 0. The lowest BCUT2D eigenvalue weighted by atomic mass is 10.1. The van der Waals surface area contributed by atoms with Gasteiger partial charge in [0.25, 0.3) is 0 Å². The zero-order chi connectivity index (χ0) is 17.1. The van der Waals surface area contributed by atoms with Crippen molar-refractivity contribution in [3.63, 3.8) is 0 Å². The van der Waals surface area contributed by atoms with Gasteiger partial charge in [0, 0.05) is 44.6 Å². The number of amides is 2. The molecule has 0 bridgehead atoms. The van der Waals surface area contributed by atoms with Crippen molar-refractivity contribution in [2.24, 2.45) is 7.05 Å². The molecule has 0 spiro atoms. The molecule has 0 radical (unpaired) electrons. The van der Waals surface area contributed by atoms with Crippen molar-refractivity contribution in [3.05, 3.63) is 35.9 Å². The number of hydrogen-bond donors (Lipinski definition) is 1. The van der Waals surface area contributed by atoms with E-state index in [1.54, 1.807) is 16.6 Å². The predicted molar refractivity (Wildman–Crippen MR) is 92.4 cm³/mol. The Hall–Kier alpha value is -2.63. The van der Waals surface area contributed by atoms with E-state index in [0.717, 1.165) is 29.8 Å². The van der Waals surface area contributed by atoms with Crippen LogP contribution < -0.4 is 5.32 Å². The number of carbonyl (C=O) groups is 2. The van der Waals surface area contributed by atoms with Gasteiger partial charge < -0.3 is 10.2 Å². The molecule has 1 N–H and O–H groups in total. The molecule has 1 saturated heterocycles. The van der Waals surface area contributed by atoms with Crippen molar-refractivity contribution in [1.29, 1.82) is 0 Å². The monoisotopic (exact) mass is 326 g/mol. The van der Waals surface area contributed by atoms with Crippen LogP contribution in [0.15, 0.2) is 30.3 Å². The maximum atomic E-state index is 12.2. The van der Waals surface area contributed by atoms with Gasteiger partial charge in [-0.1, -0.05) is 24.3 Å². The highest BCUT2D eigenvalue weighted by Gasteiger charge is 2.20. The zero-order valence-electron chi connectivity index (χ0n) is 14.1. The molecule has 1 aliphatic heterocycles. The fourth-order valence-electron chi connectivity index (χ4n) is 2.96. The Morgan fingerprint density at radius 1 is 1.33 bits per heavy atom. The lowest BCUT2D eigenvalue weighted by Gasteiger charge is -2.14. The number of benzene rings is 1. The Morgan fingerprint density at radius 3 is 2.83 bits per heavy atom. The smallest absolute Gasteiger partial charge is 0.227 e. The first-order valence-corrected chi connectivity index (χ1v) is 8.22. The molecule has 1 aromatic carbocycles. The number of nitrogens with one attached hydrogen (secondary N) is 1. The largest absolute Gasteiger partial charge is 0.342 e. The second kappa shape index (κ2) is 6.86. The molecule has 1 fully saturated rings. The molecule has 3 rings (SSSR count). The van der Waals surface area contributed by atoms with Crippen LogP contribution in [0.2, 0.25) is 0 Å². The van der Waals surface area contributed by atoms with Gasteiger partial charge in [-0.3, -0.25) is 14.3 Å². The minimum atomic E-state index is -0.103. The normalized spacial score (nSPS) is 14.2. The van der Waals surface area contributed by atoms with Gasteiger partial charge in [0.15, 0.2) is 0 Å². The summed E-state index contributed by atoms with van der Waals surface area (Å²) in [6.07, 6.45) is 1.79. The first kappa shape index (κ1) is 16.2. The summed E-state index contributed by atoms with van der Waals surface area (Å²) in [5.41, 5.74) is 3.03. The average molecular weight is 326 g/mol. The van der Waals surface area contributed by atoms with E-state index in [9.17, 15) is 9.59 Å². The van der Waals surface area contributed by atoms with Crippen LogP contribution in [0, 0.1) is 6.92 Å². The summed E-state index contributed by atoms with van der Waals surface area (Å²) in [6.45, 7) is 3.28. The van der Waals surface area contributed by atoms with Crippen molar-refractivity contribution in [2.45, 2.75) is 26.2 Å². The molecule has 6 heteroatoms. The lowest BCUT2D eigenvalue weighted by Crippen LogP contribution is -2.29. The summed E-state index contributed by atoms with van der Waals surface area (Å²) < 4.78 is 1.67. The number of nitrogens with zero attached hydrogens (tertiary/aromatic N) is 3. The van der Waals surface area contributed by atoms with Gasteiger partial charge in [0.1, 0.15) is 5.82 Å². The van der Waals surface area contributed by atoms with E-state index in [0.29, 0.717) is 25.2 Å². The lowest BCUT2D eigenvalue weighted by molar-refractivity contribution is -0.128. The molecule has 1 aliphatic rings. The standard InChI is InChI=1S/C18H22N4O2/c1-13-6-3-4-7-14(13)15-12-16(21(2)20-15)19-17(23)9-11-22-10-5-8-18(22)24/h3-4,6-7,12H,5,8-11H2,1-2H3,(H,19,23). The van der Waals surface area contributed by atoms with E-state index in [2.05, 4.69) is 10.4 Å². The van der Waals surface area contributed by atoms with E-state index in [1.807, 2.05) is 37.3 Å². The maximum Gasteiger partial charge on any atom is 0.227 e. The average Bonchev–Trinajstić information content (AvgIpc) is 3.12. The third-order valence-electron chi connectivity index (χ3n) is 4.35. The van der Waals surface area contributed by atoms with E-state index < -0.39 is 0 Å². The maximum absolute atomic E-state index is 12.2. The first-order chi connectivity index (χ1) is 11.5. The van der Waals surface area contributed by atoms with Crippen molar-refractivity contribution in [3.8, 4) is 11.3 Å². The molecule has 2 aromatic rings. The van der Waals surface area contributed by atoms with Crippen LogP contribution in [0.4, 0.5) is 5.82 Å². The fourth-order valence-corrected chi connectivity index (χ4v) is 2.96. The first-order valence-electron chi connectivity index (χ1n) is 8.22. The fraction of sp³-hybridized carbons (Fsp3) is 0.389. The van der Waals surface area contributed by atoms with Crippen LogP contribution in [-0.2, 0) is 16.6 Å². The van der Waals surface area contributed by atoms with Crippen LogP contribution in [0.3, 0.4) is 0 Å². The van der Waals surface area contributed by atoms with Gasteiger partial charge in [-0.15, -0.1) is 0 Å². The highest BCUT2D eigenvalue weighted by molar-refractivity contribution is 5.91. The van der Waals surface area contributed by atoms with Gasteiger partial charge >= 0.3 is 0 Å². The van der Waals surface area contributed by atoms with Crippen LogP contribution in [-0.4, -0.2) is 39.6 Å². The van der Waals surface area contributed by atoms with Crippen molar-refractivity contribution >= 4 is 17.6 Å². The summed E-state index contributed by atoms with van der Waals surface area (Å²) in [6, 6.07) is 9.89. The minimum absolute atomic E-state index is 0.103. The molecule has 0 atom stereocenters. The number of likely N-dealkylation sites (tertiary alicyclic amines) is 1. The van der Waals surface area contributed by atoms with Crippen molar-refractivity contribution in [2.75, 3.05) is 18.4 Å². The molecule has 0 saturated carbocycles. The van der Waals surface area contributed by atoms with Crippen molar-refractivity contribution < 1.29 is 9.59 Å².